The number of nitrogens with zero attached hydrogens (tertiary/aromatic N) is 2. The molecular weight excluding hydrogens is 360 g/mol. The molecule has 2 saturated heterocycles. The Hall–Kier alpha value is -1.29. The van der Waals surface area contributed by atoms with Crippen molar-refractivity contribution in [3.63, 3.8) is 0 Å². The Kier molecular flexibility index (Phi) is 4.43. The van der Waals surface area contributed by atoms with Gasteiger partial charge < -0.3 is 9.80 Å². The van der Waals surface area contributed by atoms with E-state index in [1.54, 1.807) is 10.5 Å². The van der Waals surface area contributed by atoms with Crippen LogP contribution in [0.1, 0.15) is 17.8 Å². The average Bonchev–Trinajstić information content (AvgIpc) is 3.11. The number of thiazole rings is 1. The third-order valence-electron chi connectivity index (χ3n) is 5.47. The summed E-state index contributed by atoms with van der Waals surface area (Å²) in [4.78, 5) is 20.5. The van der Waals surface area contributed by atoms with Crippen LogP contribution in [0.2, 0.25) is 0 Å². The molecule has 0 amide bonds. The van der Waals surface area contributed by atoms with Gasteiger partial charge in [-0.1, -0.05) is 0 Å². The Bertz CT molecular complexity index is 942. The minimum atomic E-state index is -2.80. The van der Waals surface area contributed by atoms with Gasteiger partial charge in [-0.2, -0.15) is 0 Å². The predicted octanol–water partition coefficient (Wildman–Crippen LogP) is -2.47. The molecule has 136 valence electrons. The van der Waals surface area contributed by atoms with Crippen LogP contribution in [0, 0.1) is 6.92 Å². The number of quaternary nitrogens is 2. The van der Waals surface area contributed by atoms with Crippen LogP contribution in [0.25, 0.3) is 4.96 Å². The van der Waals surface area contributed by atoms with Crippen molar-refractivity contribution < 1.29 is 18.2 Å². The van der Waals surface area contributed by atoms with Gasteiger partial charge in [0.1, 0.15) is 50.2 Å². The molecule has 9 heteroatoms. The Balaban J connectivity index is 1.40. The Morgan fingerprint density at radius 3 is 2.76 bits per heavy atom. The molecule has 2 aromatic heterocycles. The van der Waals surface area contributed by atoms with Crippen LogP contribution >= 0.6 is 11.3 Å². The van der Waals surface area contributed by atoms with Crippen LogP contribution in [0.3, 0.4) is 0 Å². The fourth-order valence-corrected chi connectivity index (χ4v) is 6.79. The summed E-state index contributed by atoms with van der Waals surface area (Å²) < 4.78 is 25.0. The molecule has 0 bridgehead atoms. The Morgan fingerprint density at radius 2 is 2.08 bits per heavy atom. The highest BCUT2D eigenvalue weighted by molar-refractivity contribution is 7.91. The monoisotopic (exact) mass is 384 g/mol. The van der Waals surface area contributed by atoms with E-state index in [4.69, 9.17) is 0 Å². The number of piperazine rings is 1. The molecule has 25 heavy (non-hydrogen) atoms. The Labute approximate surface area is 150 Å². The van der Waals surface area contributed by atoms with Gasteiger partial charge in [0.2, 0.25) is 0 Å². The van der Waals surface area contributed by atoms with Crippen molar-refractivity contribution in [1.82, 2.24) is 9.38 Å². The van der Waals surface area contributed by atoms with Crippen molar-refractivity contribution in [1.29, 1.82) is 0 Å². The number of aryl methyl sites for hydroxylation is 1. The molecule has 2 aliphatic rings. The molecule has 2 N–H and O–H groups in total. The summed E-state index contributed by atoms with van der Waals surface area (Å²) in [6.45, 7) is 6.66. The lowest BCUT2D eigenvalue weighted by Crippen LogP contribution is -3.29. The standard InChI is InChI=1S/C16H22N4O3S2/c1-12-10-24-16-17-13(8-15(21)20(12)16)9-18-3-5-19(6-4-18)14-2-7-25(22,23)11-14/h8,10,14H,2-7,9,11H2,1H3/p+2/t14-/m0/s1. The maximum absolute atomic E-state index is 12.3. The minimum absolute atomic E-state index is 0.00132. The van der Waals surface area contributed by atoms with Gasteiger partial charge >= 0.3 is 0 Å². The van der Waals surface area contributed by atoms with Crippen molar-refractivity contribution in [3.05, 3.63) is 33.2 Å². The van der Waals surface area contributed by atoms with Gasteiger partial charge in [0.15, 0.2) is 14.8 Å². The quantitative estimate of drug-likeness (QED) is 0.615. The molecule has 0 unspecified atom stereocenters. The number of aromatic nitrogens is 2. The van der Waals surface area contributed by atoms with Crippen molar-refractivity contribution in [2.45, 2.75) is 25.9 Å². The minimum Gasteiger partial charge on any atom is -0.322 e. The van der Waals surface area contributed by atoms with E-state index < -0.39 is 9.84 Å². The zero-order chi connectivity index (χ0) is 17.6. The van der Waals surface area contributed by atoms with Crippen molar-refractivity contribution >= 4 is 26.1 Å². The second-order valence-corrected chi connectivity index (χ2v) is 10.3. The summed E-state index contributed by atoms with van der Waals surface area (Å²) >= 11 is 1.50. The van der Waals surface area contributed by atoms with Crippen molar-refractivity contribution in [2.24, 2.45) is 0 Å². The molecule has 0 radical (unpaired) electrons. The normalized spacial score (nSPS) is 29.2. The molecule has 7 nitrogen and oxygen atoms in total. The first-order chi connectivity index (χ1) is 11.9. The molecule has 4 rings (SSSR count). The van der Waals surface area contributed by atoms with Crippen molar-refractivity contribution in [2.75, 3.05) is 37.7 Å². The lowest BCUT2D eigenvalue weighted by Gasteiger charge is -2.32. The summed E-state index contributed by atoms with van der Waals surface area (Å²) in [5, 5.41) is 1.96. The van der Waals surface area contributed by atoms with Crippen molar-refractivity contribution in [3.8, 4) is 0 Å². The van der Waals surface area contributed by atoms with E-state index in [1.165, 1.54) is 21.1 Å². The smallest absolute Gasteiger partial charge is 0.259 e. The number of hydrogen-bond acceptors (Lipinski definition) is 5. The molecule has 0 aliphatic carbocycles. The van der Waals surface area contributed by atoms with Gasteiger partial charge in [0, 0.05) is 23.6 Å². The lowest BCUT2D eigenvalue weighted by molar-refractivity contribution is -1.03. The van der Waals surface area contributed by atoms with Gasteiger partial charge in [-0.3, -0.25) is 9.20 Å². The van der Waals surface area contributed by atoms with Gasteiger partial charge in [0.25, 0.3) is 5.56 Å². The number of nitrogens with one attached hydrogen (secondary N) is 2. The molecule has 0 saturated carbocycles. The number of rotatable bonds is 3. The van der Waals surface area contributed by atoms with Crippen LogP contribution < -0.4 is 15.4 Å². The fraction of sp³-hybridized carbons (Fsp3) is 0.625. The van der Waals surface area contributed by atoms with Gasteiger partial charge in [-0.25, -0.2) is 13.4 Å². The highest BCUT2D eigenvalue weighted by Crippen LogP contribution is 2.11. The SMILES string of the molecule is Cc1csc2nc(C[NH+]3CC[NH+]([C@H]4CCS(=O)(=O)C4)CC3)cc(=O)n12. The average molecular weight is 385 g/mol. The van der Waals surface area contributed by atoms with E-state index in [0.29, 0.717) is 11.5 Å². The van der Waals surface area contributed by atoms with Crippen LogP contribution in [-0.4, -0.2) is 61.5 Å². The number of hydrogen-bond donors (Lipinski definition) is 2. The zero-order valence-corrected chi connectivity index (χ0v) is 16.0. The maximum atomic E-state index is 12.3. The number of sulfone groups is 1. The predicted molar refractivity (Wildman–Crippen MR) is 96.2 cm³/mol. The molecule has 0 spiro atoms. The molecular formula is C16H24N4O3S2+2. The van der Waals surface area contributed by atoms with E-state index in [9.17, 15) is 13.2 Å². The van der Waals surface area contributed by atoms with E-state index >= 15 is 0 Å². The molecule has 2 fully saturated rings. The zero-order valence-electron chi connectivity index (χ0n) is 14.3. The van der Waals surface area contributed by atoms with E-state index in [-0.39, 0.29) is 11.6 Å². The largest absolute Gasteiger partial charge is 0.322 e. The topological polar surface area (TPSA) is 77.4 Å². The van der Waals surface area contributed by atoms with E-state index in [0.717, 1.165) is 55.5 Å². The molecule has 1 atom stereocenters. The summed E-state index contributed by atoms with van der Waals surface area (Å²) in [7, 11) is -2.80. The van der Waals surface area contributed by atoms with Crippen LogP contribution in [0.15, 0.2) is 16.2 Å². The highest BCUT2D eigenvalue weighted by atomic mass is 32.2. The second-order valence-electron chi connectivity index (χ2n) is 7.27. The van der Waals surface area contributed by atoms with Crippen LogP contribution in [-0.2, 0) is 16.4 Å². The molecule has 4 heterocycles. The van der Waals surface area contributed by atoms with E-state index in [2.05, 4.69) is 4.98 Å². The number of fused-ring (bicyclic) bond motifs is 1. The first-order valence-electron chi connectivity index (χ1n) is 8.77. The first-order valence-corrected chi connectivity index (χ1v) is 11.5. The van der Waals surface area contributed by atoms with Gasteiger partial charge in [-0.05, 0) is 6.92 Å². The molecule has 0 aromatic carbocycles. The fourth-order valence-electron chi connectivity index (χ4n) is 4.07. The van der Waals surface area contributed by atoms with Crippen LogP contribution in [0.5, 0.6) is 0 Å². The highest BCUT2D eigenvalue weighted by Gasteiger charge is 2.37. The first kappa shape index (κ1) is 17.1. The third-order valence-corrected chi connectivity index (χ3v) is 8.18. The molecule has 2 aromatic rings. The summed E-state index contributed by atoms with van der Waals surface area (Å²) in [6.07, 6.45) is 0.805. The van der Waals surface area contributed by atoms with Crippen LogP contribution in [0.4, 0.5) is 0 Å². The summed E-state index contributed by atoms with van der Waals surface area (Å²) in [5.74, 6) is 0.705. The Morgan fingerprint density at radius 1 is 1.32 bits per heavy atom. The maximum Gasteiger partial charge on any atom is 0.259 e. The summed E-state index contributed by atoms with van der Waals surface area (Å²) in [5.41, 5.74) is 1.78. The second kappa shape index (κ2) is 6.46. The van der Waals surface area contributed by atoms with Gasteiger partial charge in [-0.15, -0.1) is 11.3 Å². The third kappa shape index (κ3) is 3.51. The lowest BCUT2D eigenvalue weighted by atomic mass is 10.2. The van der Waals surface area contributed by atoms with Gasteiger partial charge in [0.05, 0.1) is 5.75 Å². The van der Waals surface area contributed by atoms with E-state index in [1.807, 2.05) is 12.3 Å². The molecule has 2 aliphatic heterocycles. The summed E-state index contributed by atoms with van der Waals surface area (Å²) in [6, 6.07) is 1.93.